The van der Waals surface area contributed by atoms with Crippen molar-refractivity contribution in [3.8, 4) is 39.4 Å². The largest absolute Gasteiger partial charge is 0.310 e. The van der Waals surface area contributed by atoms with Crippen LogP contribution in [0.5, 0.6) is 0 Å². The Kier molecular flexibility index (Phi) is 11.5. The maximum absolute atomic E-state index is 9.47. The molecule has 0 bridgehead atoms. The summed E-state index contributed by atoms with van der Waals surface area (Å²) < 4.78 is 0. The number of hydrogen-bond donors (Lipinski definition) is 0. The van der Waals surface area contributed by atoms with E-state index in [0.29, 0.717) is 5.56 Å². The minimum Gasteiger partial charge on any atom is -0.310 e. The van der Waals surface area contributed by atoms with Gasteiger partial charge in [-0.25, -0.2) is 0 Å². The molecule has 1 fully saturated rings. The molecule has 0 N–H and O–H groups in total. The fourth-order valence-electron chi connectivity index (χ4n) is 11.6. The molecular weight excluding hydrogens is 845 g/mol. The number of hydrogen-bond acceptors (Lipinski definition) is 2. The van der Waals surface area contributed by atoms with Crippen molar-refractivity contribution in [2.75, 3.05) is 4.90 Å². The lowest BCUT2D eigenvalue weighted by Crippen LogP contribution is -2.26. The molecule has 0 radical (unpaired) electrons. The molecule has 340 valence electrons. The zero-order valence-electron chi connectivity index (χ0n) is 41.1. The van der Waals surface area contributed by atoms with Crippen LogP contribution >= 0.6 is 0 Å². The van der Waals surface area contributed by atoms with E-state index in [1.807, 2.05) is 12.1 Å². The van der Waals surface area contributed by atoms with Crippen LogP contribution in [0.25, 0.3) is 54.9 Å². The highest BCUT2D eigenvalue weighted by Crippen LogP contribution is 2.58. The number of rotatable bonds is 4. The predicted octanol–water partition coefficient (Wildman–Crippen LogP) is 18.6. The normalized spacial score (nSPS) is 15.3. The van der Waals surface area contributed by atoms with Gasteiger partial charge in [0.25, 0.3) is 0 Å². The fraction of sp³-hybridized carbons (Fsp3) is 0.162. The number of benzene rings is 10. The van der Waals surface area contributed by atoms with E-state index in [1.54, 1.807) is 11.1 Å². The number of aryl methyl sites for hydroxylation is 4. The SMILES string of the molecule is Cc1ccc2c(c1)C(C)(C)c1cc(N(c3ccccc3)c3ccc(C#N)cc3C)c3ccccc3c1-2.Cc1ccc2c(c1)C1CCC1c1ccccc1-2.Cc1cccc(-c2ccc3ccccc3c2)c1. The zero-order chi connectivity index (χ0) is 48.1. The minimum absolute atomic E-state index is 0.114. The highest BCUT2D eigenvalue weighted by atomic mass is 15.1. The molecule has 0 saturated heterocycles. The van der Waals surface area contributed by atoms with E-state index in [-0.39, 0.29) is 5.41 Å². The number of nitriles is 1. The third-order valence-electron chi connectivity index (χ3n) is 15.3. The van der Waals surface area contributed by atoms with Gasteiger partial charge >= 0.3 is 0 Å². The molecule has 10 aromatic carbocycles. The summed E-state index contributed by atoms with van der Waals surface area (Å²) in [4.78, 5) is 2.35. The van der Waals surface area contributed by atoms with E-state index in [1.165, 1.54) is 95.6 Å². The summed E-state index contributed by atoms with van der Waals surface area (Å²) in [5.41, 5.74) is 23.1. The van der Waals surface area contributed by atoms with Gasteiger partial charge in [0, 0.05) is 22.2 Å². The summed E-state index contributed by atoms with van der Waals surface area (Å²) >= 11 is 0. The van der Waals surface area contributed by atoms with Gasteiger partial charge in [-0.2, -0.15) is 5.26 Å². The standard InChI is InChI=1S/C34H28N2.C17H16.C17H14/c1-22-14-16-28-29(18-22)34(3,4)30-20-32(26-12-8-9-13-27(26)33(28)30)36(25-10-6-5-7-11-25)31-17-15-24(21-35)19-23(31)2;1-11-6-7-15-13-5-3-2-4-12(13)14-8-9-16(14)17(15)10-11;1-13-5-4-8-15(11-13)17-10-9-14-6-2-3-7-16(14)12-17/h5-20H,1-4H3;2-7,10,14,16H,8-9H2,1H3;2-12H,1H3. The van der Waals surface area contributed by atoms with Crippen molar-refractivity contribution in [3.63, 3.8) is 0 Å². The molecule has 2 unspecified atom stereocenters. The lowest BCUT2D eigenvalue weighted by Gasteiger charge is -2.43. The number of fused-ring (bicyclic) bond motifs is 12. The molecule has 2 nitrogen and oxygen atoms in total. The van der Waals surface area contributed by atoms with Crippen LogP contribution in [-0.4, -0.2) is 0 Å². The smallest absolute Gasteiger partial charge is 0.0991 e. The first-order valence-corrected chi connectivity index (χ1v) is 24.9. The second kappa shape index (κ2) is 18.2. The van der Waals surface area contributed by atoms with Crippen LogP contribution in [0.15, 0.2) is 206 Å². The van der Waals surface area contributed by atoms with Crippen LogP contribution in [-0.2, 0) is 5.41 Å². The molecular formula is C68H58N2. The topological polar surface area (TPSA) is 27.0 Å². The maximum atomic E-state index is 9.47. The van der Waals surface area contributed by atoms with Crippen LogP contribution in [0.3, 0.4) is 0 Å². The van der Waals surface area contributed by atoms with Crippen molar-refractivity contribution >= 4 is 38.6 Å². The second-order valence-electron chi connectivity index (χ2n) is 20.2. The Morgan fingerprint density at radius 2 is 1.10 bits per heavy atom. The lowest BCUT2D eigenvalue weighted by molar-refractivity contribution is 0.343. The molecule has 13 rings (SSSR count). The van der Waals surface area contributed by atoms with Gasteiger partial charge in [-0.1, -0.05) is 194 Å². The first-order chi connectivity index (χ1) is 34.1. The van der Waals surface area contributed by atoms with Gasteiger partial charge < -0.3 is 4.90 Å². The van der Waals surface area contributed by atoms with Crippen LogP contribution in [0.2, 0.25) is 0 Å². The molecule has 0 spiro atoms. The van der Waals surface area contributed by atoms with Crippen molar-refractivity contribution in [3.05, 3.63) is 256 Å². The summed E-state index contributed by atoms with van der Waals surface area (Å²) in [6.45, 7) is 13.3. The lowest BCUT2D eigenvalue weighted by atomic mass is 9.61. The van der Waals surface area contributed by atoms with E-state index in [9.17, 15) is 5.26 Å². The zero-order valence-corrected chi connectivity index (χ0v) is 41.1. The number of para-hydroxylation sites is 1. The molecule has 10 aromatic rings. The monoisotopic (exact) mass is 902 g/mol. The number of nitrogens with zero attached hydrogens (tertiary/aromatic N) is 2. The van der Waals surface area contributed by atoms with Crippen LogP contribution in [0.1, 0.15) is 88.6 Å². The van der Waals surface area contributed by atoms with E-state index in [4.69, 9.17) is 0 Å². The Morgan fingerprint density at radius 1 is 0.457 bits per heavy atom. The van der Waals surface area contributed by atoms with E-state index in [0.717, 1.165) is 34.5 Å². The van der Waals surface area contributed by atoms with Gasteiger partial charge in [0.2, 0.25) is 0 Å². The highest BCUT2D eigenvalue weighted by Gasteiger charge is 2.40. The van der Waals surface area contributed by atoms with E-state index >= 15 is 0 Å². The van der Waals surface area contributed by atoms with E-state index < -0.39 is 0 Å². The Balaban J connectivity index is 0.000000129. The molecule has 70 heavy (non-hydrogen) atoms. The van der Waals surface area contributed by atoms with Gasteiger partial charge in [0.15, 0.2) is 0 Å². The van der Waals surface area contributed by atoms with Crippen molar-refractivity contribution in [2.45, 2.75) is 71.6 Å². The van der Waals surface area contributed by atoms with Gasteiger partial charge in [0.1, 0.15) is 0 Å². The average Bonchev–Trinajstić information content (AvgIpc) is 3.59. The quantitative estimate of drug-likeness (QED) is 0.176. The third-order valence-corrected chi connectivity index (χ3v) is 15.3. The summed E-state index contributed by atoms with van der Waals surface area (Å²) in [6.07, 6.45) is 2.74. The minimum atomic E-state index is -0.114. The third kappa shape index (κ3) is 7.96. The first-order valence-electron chi connectivity index (χ1n) is 24.9. The van der Waals surface area contributed by atoms with Gasteiger partial charge in [-0.3, -0.25) is 0 Å². The summed E-state index contributed by atoms with van der Waals surface area (Å²) in [5.74, 6) is 1.58. The Bertz CT molecular complexity index is 3660. The summed E-state index contributed by atoms with van der Waals surface area (Å²) in [5, 5.41) is 14.6. The van der Waals surface area contributed by atoms with Gasteiger partial charge in [0.05, 0.1) is 17.3 Å². The van der Waals surface area contributed by atoms with Crippen molar-refractivity contribution < 1.29 is 0 Å². The average molecular weight is 903 g/mol. The van der Waals surface area contributed by atoms with Crippen molar-refractivity contribution in [2.24, 2.45) is 0 Å². The molecule has 0 aliphatic heterocycles. The molecule has 3 aliphatic rings. The number of anilines is 3. The molecule has 2 atom stereocenters. The maximum Gasteiger partial charge on any atom is 0.0991 e. The van der Waals surface area contributed by atoms with Crippen molar-refractivity contribution in [1.29, 1.82) is 5.26 Å². The first kappa shape index (κ1) is 44.5. The van der Waals surface area contributed by atoms with Gasteiger partial charge in [-0.05, 0) is 172 Å². The van der Waals surface area contributed by atoms with Crippen LogP contribution in [0.4, 0.5) is 17.1 Å². The fourth-order valence-corrected chi connectivity index (χ4v) is 11.6. The van der Waals surface area contributed by atoms with Crippen molar-refractivity contribution in [1.82, 2.24) is 0 Å². The highest BCUT2D eigenvalue weighted by molar-refractivity contribution is 6.10. The second-order valence-corrected chi connectivity index (χ2v) is 20.2. The van der Waals surface area contributed by atoms with E-state index in [2.05, 4.69) is 247 Å². The Labute approximate surface area is 414 Å². The molecule has 3 aliphatic carbocycles. The molecule has 1 saturated carbocycles. The Hall–Kier alpha value is -7.99. The van der Waals surface area contributed by atoms with Gasteiger partial charge in [-0.15, -0.1) is 0 Å². The predicted molar refractivity (Wildman–Crippen MR) is 296 cm³/mol. The summed E-state index contributed by atoms with van der Waals surface area (Å²) in [6, 6.07) is 76.5. The van der Waals surface area contributed by atoms with Crippen LogP contribution < -0.4 is 4.90 Å². The molecule has 0 heterocycles. The Morgan fingerprint density at radius 3 is 1.86 bits per heavy atom. The molecule has 2 heteroatoms. The molecule has 0 amide bonds. The summed E-state index contributed by atoms with van der Waals surface area (Å²) in [7, 11) is 0. The van der Waals surface area contributed by atoms with Crippen LogP contribution in [0, 0.1) is 39.0 Å². The molecule has 0 aromatic heterocycles.